The zero-order valence-electron chi connectivity index (χ0n) is 15.9. The minimum absolute atomic E-state index is 0.0247. The summed E-state index contributed by atoms with van der Waals surface area (Å²) in [4.78, 5) is 35.7. The van der Waals surface area contributed by atoms with Crippen LogP contribution >= 0.6 is 23.2 Å². The van der Waals surface area contributed by atoms with Crippen molar-refractivity contribution in [1.29, 1.82) is 0 Å². The summed E-state index contributed by atoms with van der Waals surface area (Å²) in [6.07, 6.45) is -0.0247. The monoisotopic (exact) mass is 434 g/mol. The summed E-state index contributed by atoms with van der Waals surface area (Å²) in [7, 11) is 0. The number of carbonyl (C=O) groups is 3. The first kappa shape index (κ1) is 22.4. The highest BCUT2D eigenvalue weighted by molar-refractivity contribution is 6.40. The number of carbonyl (C=O) groups excluding carboxylic acids is 3. The molecule has 0 atom stereocenters. The zero-order valence-corrected chi connectivity index (χ0v) is 17.4. The van der Waals surface area contributed by atoms with Crippen LogP contribution in [-0.4, -0.2) is 23.4 Å². The Morgan fingerprint density at radius 3 is 2.34 bits per heavy atom. The van der Waals surface area contributed by atoms with Gasteiger partial charge in [-0.1, -0.05) is 41.4 Å². The number of hydrogen-bond acceptors (Lipinski definition) is 4. The van der Waals surface area contributed by atoms with E-state index in [1.165, 1.54) is 0 Å². The van der Waals surface area contributed by atoms with Crippen LogP contribution in [0.2, 0.25) is 10.0 Å². The second-order valence-electron chi connectivity index (χ2n) is 6.29. The van der Waals surface area contributed by atoms with Gasteiger partial charge in [-0.2, -0.15) is 5.10 Å². The minimum atomic E-state index is -0.956. The van der Waals surface area contributed by atoms with Crippen LogP contribution in [0.5, 0.6) is 0 Å². The topological polar surface area (TPSA) is 99.7 Å². The van der Waals surface area contributed by atoms with Crippen LogP contribution in [0.3, 0.4) is 0 Å². The number of aryl methyl sites for hydroxylation is 1. The van der Waals surface area contributed by atoms with Crippen LogP contribution in [0.25, 0.3) is 0 Å². The average Bonchev–Trinajstić information content (AvgIpc) is 2.68. The third kappa shape index (κ3) is 7.56. The van der Waals surface area contributed by atoms with E-state index < -0.39 is 11.8 Å². The van der Waals surface area contributed by atoms with Crippen molar-refractivity contribution in [2.45, 2.75) is 26.8 Å². The Labute approximate surface area is 178 Å². The maximum atomic E-state index is 12.0. The van der Waals surface area contributed by atoms with Crippen LogP contribution in [0.4, 0.5) is 5.69 Å². The van der Waals surface area contributed by atoms with Crippen LogP contribution in [0, 0.1) is 6.92 Å². The Kier molecular flexibility index (Phi) is 8.18. The average molecular weight is 435 g/mol. The van der Waals surface area contributed by atoms with Crippen molar-refractivity contribution >= 4 is 52.3 Å². The van der Waals surface area contributed by atoms with E-state index in [4.69, 9.17) is 23.2 Å². The number of hydrazone groups is 1. The number of halogens is 2. The van der Waals surface area contributed by atoms with E-state index in [1.807, 2.05) is 19.1 Å². The van der Waals surface area contributed by atoms with Gasteiger partial charge < -0.3 is 10.6 Å². The molecule has 29 heavy (non-hydrogen) atoms. The molecule has 0 bridgehead atoms. The molecule has 0 aromatic heterocycles. The van der Waals surface area contributed by atoms with Crippen LogP contribution in [0.15, 0.2) is 47.6 Å². The largest absolute Gasteiger partial charge is 0.352 e. The fourth-order valence-corrected chi connectivity index (χ4v) is 2.50. The van der Waals surface area contributed by atoms with Gasteiger partial charge in [0.1, 0.15) is 0 Å². The lowest BCUT2D eigenvalue weighted by atomic mass is 10.2. The summed E-state index contributed by atoms with van der Waals surface area (Å²) in [6, 6.07) is 12.0. The van der Waals surface area contributed by atoms with Crippen molar-refractivity contribution in [3.8, 4) is 0 Å². The molecule has 9 heteroatoms. The predicted molar refractivity (Wildman–Crippen MR) is 114 cm³/mol. The molecule has 2 aromatic carbocycles. The second kappa shape index (κ2) is 10.6. The van der Waals surface area contributed by atoms with Crippen molar-refractivity contribution in [2.24, 2.45) is 5.10 Å². The molecule has 152 valence electrons. The van der Waals surface area contributed by atoms with Crippen molar-refractivity contribution in [3.63, 3.8) is 0 Å². The highest BCUT2D eigenvalue weighted by Gasteiger charge is 2.14. The lowest BCUT2D eigenvalue weighted by Crippen LogP contribution is -2.33. The standard InChI is InChI=1S/C20H20Cl2N4O3/c1-12-3-8-16(10-17(12)22)24-19(28)20(29)26-25-13(2)9-18(27)23-11-14-4-6-15(21)7-5-14/h3-8,10H,9,11H2,1-2H3,(H,23,27)(H,24,28)(H,26,29)/b25-13+. The predicted octanol–water partition coefficient (Wildman–Crippen LogP) is 3.44. The maximum absolute atomic E-state index is 12.0. The van der Waals surface area contributed by atoms with E-state index >= 15 is 0 Å². The lowest BCUT2D eigenvalue weighted by molar-refractivity contribution is -0.136. The van der Waals surface area contributed by atoms with Crippen LogP contribution in [0.1, 0.15) is 24.5 Å². The molecule has 2 aromatic rings. The zero-order chi connectivity index (χ0) is 21.4. The van der Waals surface area contributed by atoms with Crippen LogP contribution < -0.4 is 16.1 Å². The van der Waals surface area contributed by atoms with Crippen LogP contribution in [-0.2, 0) is 20.9 Å². The molecule has 0 aliphatic carbocycles. The van der Waals surface area contributed by atoms with Gasteiger partial charge in [0.25, 0.3) is 0 Å². The normalized spacial score (nSPS) is 11.0. The summed E-state index contributed by atoms with van der Waals surface area (Å²) >= 11 is 11.8. The summed E-state index contributed by atoms with van der Waals surface area (Å²) in [5, 5.41) is 10.0. The van der Waals surface area contributed by atoms with Crippen molar-refractivity contribution in [3.05, 3.63) is 63.6 Å². The quantitative estimate of drug-likeness (QED) is 0.368. The summed E-state index contributed by atoms with van der Waals surface area (Å²) in [5.41, 5.74) is 4.61. The number of amides is 3. The van der Waals surface area contributed by atoms with E-state index in [1.54, 1.807) is 37.3 Å². The Morgan fingerprint density at radius 1 is 1.00 bits per heavy atom. The van der Waals surface area contributed by atoms with Gasteiger partial charge in [-0.15, -0.1) is 0 Å². The first-order valence-corrected chi connectivity index (χ1v) is 9.42. The highest BCUT2D eigenvalue weighted by atomic mass is 35.5. The van der Waals surface area contributed by atoms with E-state index in [9.17, 15) is 14.4 Å². The summed E-state index contributed by atoms with van der Waals surface area (Å²) in [5.74, 6) is -2.12. The molecular formula is C20H20Cl2N4O3. The van der Waals surface area contributed by atoms with Crippen molar-refractivity contribution < 1.29 is 14.4 Å². The van der Waals surface area contributed by atoms with Gasteiger partial charge in [0.15, 0.2) is 0 Å². The molecule has 0 unspecified atom stereocenters. The molecule has 0 radical (unpaired) electrons. The van der Waals surface area contributed by atoms with Crippen molar-refractivity contribution in [1.82, 2.24) is 10.7 Å². The highest BCUT2D eigenvalue weighted by Crippen LogP contribution is 2.19. The smallest absolute Gasteiger partial charge is 0.329 e. The molecule has 2 rings (SSSR count). The Hall–Kier alpha value is -2.90. The number of nitrogens with zero attached hydrogens (tertiary/aromatic N) is 1. The summed E-state index contributed by atoms with van der Waals surface area (Å²) < 4.78 is 0. The Bertz CT molecular complexity index is 943. The molecular weight excluding hydrogens is 415 g/mol. The lowest BCUT2D eigenvalue weighted by Gasteiger charge is -2.07. The fourth-order valence-electron chi connectivity index (χ4n) is 2.19. The van der Waals surface area contributed by atoms with Gasteiger partial charge in [0.05, 0.1) is 6.42 Å². The third-order valence-electron chi connectivity index (χ3n) is 3.80. The van der Waals surface area contributed by atoms with E-state index in [0.717, 1.165) is 11.1 Å². The number of hydrogen-bond donors (Lipinski definition) is 3. The molecule has 0 aliphatic heterocycles. The van der Waals surface area contributed by atoms with Gasteiger partial charge >= 0.3 is 11.8 Å². The number of anilines is 1. The minimum Gasteiger partial charge on any atom is -0.352 e. The Balaban J connectivity index is 1.78. The molecule has 0 fully saturated rings. The first-order chi connectivity index (χ1) is 13.7. The first-order valence-electron chi connectivity index (χ1n) is 8.66. The van der Waals surface area contributed by atoms with Gasteiger partial charge in [-0.25, -0.2) is 5.43 Å². The van der Waals surface area contributed by atoms with Gasteiger partial charge in [0.2, 0.25) is 5.91 Å². The maximum Gasteiger partial charge on any atom is 0.329 e. The molecule has 0 saturated heterocycles. The number of benzene rings is 2. The molecule has 3 amide bonds. The van der Waals surface area contributed by atoms with Gasteiger partial charge in [0, 0.05) is 28.0 Å². The molecule has 0 saturated carbocycles. The summed E-state index contributed by atoms with van der Waals surface area (Å²) in [6.45, 7) is 3.74. The SMILES string of the molecule is C/C(CC(=O)NCc1ccc(Cl)cc1)=N\NC(=O)C(=O)Nc1ccc(C)c(Cl)c1. The van der Waals surface area contributed by atoms with E-state index in [0.29, 0.717) is 28.0 Å². The van der Waals surface area contributed by atoms with Gasteiger partial charge in [-0.05, 0) is 49.2 Å². The molecule has 7 nitrogen and oxygen atoms in total. The molecule has 0 spiro atoms. The molecule has 3 N–H and O–H groups in total. The van der Waals surface area contributed by atoms with Gasteiger partial charge in [-0.3, -0.25) is 14.4 Å². The second-order valence-corrected chi connectivity index (χ2v) is 7.13. The third-order valence-corrected chi connectivity index (χ3v) is 4.46. The van der Waals surface area contributed by atoms with E-state index in [2.05, 4.69) is 21.2 Å². The van der Waals surface area contributed by atoms with E-state index in [-0.39, 0.29) is 12.3 Å². The Morgan fingerprint density at radius 2 is 1.69 bits per heavy atom. The fraction of sp³-hybridized carbons (Fsp3) is 0.200. The van der Waals surface area contributed by atoms with Crippen molar-refractivity contribution in [2.75, 3.05) is 5.32 Å². The number of rotatable bonds is 6. The molecule has 0 heterocycles. The number of nitrogens with one attached hydrogen (secondary N) is 3. The molecule has 0 aliphatic rings.